The first kappa shape index (κ1) is 17.3. The van der Waals surface area contributed by atoms with Gasteiger partial charge < -0.3 is 0 Å². The zero-order valence-electron chi connectivity index (χ0n) is 17.0. The van der Waals surface area contributed by atoms with Crippen molar-refractivity contribution in [2.24, 2.45) is 0 Å². The molecule has 0 spiro atoms. The molecular formula is C29H21B. The Bertz CT molecular complexity index is 1330. The van der Waals surface area contributed by atoms with Gasteiger partial charge in [-0.25, -0.2) is 0 Å². The van der Waals surface area contributed by atoms with E-state index in [2.05, 4.69) is 116 Å². The molecule has 140 valence electrons. The first-order valence-corrected chi connectivity index (χ1v) is 10.6. The van der Waals surface area contributed by atoms with Crippen molar-refractivity contribution >= 4 is 60.7 Å². The van der Waals surface area contributed by atoms with Crippen molar-refractivity contribution in [3.8, 4) is 0 Å². The second-order valence-corrected chi connectivity index (χ2v) is 8.19. The van der Waals surface area contributed by atoms with E-state index in [0.717, 1.165) is 0 Å². The van der Waals surface area contributed by atoms with E-state index in [0.29, 0.717) is 0 Å². The van der Waals surface area contributed by atoms with Crippen molar-refractivity contribution in [3.05, 3.63) is 109 Å². The van der Waals surface area contributed by atoms with Crippen LogP contribution in [0.2, 0.25) is 6.82 Å². The monoisotopic (exact) mass is 380 g/mol. The van der Waals surface area contributed by atoms with Crippen molar-refractivity contribution < 1.29 is 0 Å². The molecule has 0 aromatic heterocycles. The maximum Gasteiger partial charge on any atom is 0.209 e. The zero-order valence-corrected chi connectivity index (χ0v) is 17.0. The summed E-state index contributed by atoms with van der Waals surface area (Å²) in [4.78, 5) is 0. The molecular weight excluding hydrogens is 359 g/mol. The van der Waals surface area contributed by atoms with Crippen LogP contribution in [-0.2, 0) is 0 Å². The Labute approximate surface area is 176 Å². The van der Waals surface area contributed by atoms with Gasteiger partial charge in [0.05, 0.1) is 0 Å². The van der Waals surface area contributed by atoms with E-state index in [9.17, 15) is 0 Å². The van der Waals surface area contributed by atoms with E-state index < -0.39 is 0 Å². The number of hydrogen-bond donors (Lipinski definition) is 0. The van der Waals surface area contributed by atoms with Crippen LogP contribution >= 0.6 is 0 Å². The molecule has 0 amide bonds. The summed E-state index contributed by atoms with van der Waals surface area (Å²) >= 11 is 0. The van der Waals surface area contributed by atoms with Gasteiger partial charge in [-0.15, -0.1) is 0 Å². The highest BCUT2D eigenvalue weighted by atomic mass is 14.1. The first-order chi connectivity index (χ1) is 14.8. The van der Waals surface area contributed by atoms with Crippen molar-refractivity contribution in [1.29, 1.82) is 0 Å². The lowest BCUT2D eigenvalue weighted by Gasteiger charge is -2.20. The number of benzene rings is 6. The summed E-state index contributed by atoms with van der Waals surface area (Å²) in [6, 6.07) is 39.9. The largest absolute Gasteiger partial charge is 0.209 e. The van der Waals surface area contributed by atoms with Gasteiger partial charge in [-0.05, 0) is 55.2 Å². The molecule has 6 aromatic rings. The number of hydrogen-bond acceptors (Lipinski definition) is 0. The Kier molecular flexibility index (Phi) is 3.89. The Morgan fingerprint density at radius 2 is 0.667 bits per heavy atom. The highest BCUT2D eigenvalue weighted by Gasteiger charge is 2.23. The average Bonchev–Trinajstić information content (AvgIpc) is 2.80. The van der Waals surface area contributed by atoms with E-state index in [4.69, 9.17) is 0 Å². The average molecular weight is 380 g/mol. The van der Waals surface area contributed by atoms with Gasteiger partial charge in [0.15, 0.2) is 0 Å². The lowest BCUT2D eigenvalue weighted by molar-refractivity contribution is 1.77. The zero-order chi connectivity index (χ0) is 20.1. The van der Waals surface area contributed by atoms with Crippen molar-refractivity contribution in [1.82, 2.24) is 0 Å². The van der Waals surface area contributed by atoms with E-state index >= 15 is 0 Å². The predicted molar refractivity (Wildman–Crippen MR) is 134 cm³/mol. The fraction of sp³-hybridized carbons (Fsp3) is 0.0345. The maximum atomic E-state index is 2.38. The van der Waals surface area contributed by atoms with Gasteiger partial charge in [-0.1, -0.05) is 115 Å². The lowest BCUT2D eigenvalue weighted by Crippen LogP contribution is -2.41. The third kappa shape index (κ3) is 2.56. The van der Waals surface area contributed by atoms with Crippen LogP contribution < -0.4 is 10.9 Å². The smallest absolute Gasteiger partial charge is 0.0773 e. The molecule has 0 saturated carbocycles. The van der Waals surface area contributed by atoms with Gasteiger partial charge in [0.25, 0.3) is 0 Å². The minimum absolute atomic E-state index is 0.261. The summed E-state index contributed by atoms with van der Waals surface area (Å²) in [7, 11) is 0. The second-order valence-electron chi connectivity index (χ2n) is 8.19. The van der Waals surface area contributed by atoms with Crippen molar-refractivity contribution in [2.45, 2.75) is 6.82 Å². The van der Waals surface area contributed by atoms with E-state index in [1.807, 2.05) is 0 Å². The number of rotatable bonds is 2. The molecule has 6 rings (SSSR count). The van der Waals surface area contributed by atoms with E-state index in [1.54, 1.807) is 0 Å². The van der Waals surface area contributed by atoms with Crippen LogP contribution in [0.4, 0.5) is 0 Å². The van der Waals surface area contributed by atoms with Gasteiger partial charge in [0, 0.05) is 0 Å². The Morgan fingerprint density at radius 3 is 0.967 bits per heavy atom. The minimum Gasteiger partial charge on any atom is -0.0773 e. The minimum atomic E-state index is 0.261. The van der Waals surface area contributed by atoms with Gasteiger partial charge >= 0.3 is 0 Å². The summed E-state index contributed by atoms with van der Waals surface area (Å²) in [6.07, 6.45) is 0. The normalized spacial score (nSPS) is 11.5. The highest BCUT2D eigenvalue weighted by Crippen LogP contribution is 2.25. The van der Waals surface area contributed by atoms with Crippen LogP contribution in [0.15, 0.2) is 109 Å². The van der Waals surface area contributed by atoms with Crippen molar-refractivity contribution in [2.75, 3.05) is 0 Å². The van der Waals surface area contributed by atoms with Crippen LogP contribution in [0.1, 0.15) is 0 Å². The molecule has 0 unspecified atom stereocenters. The molecule has 30 heavy (non-hydrogen) atoms. The van der Waals surface area contributed by atoms with Gasteiger partial charge in [0.2, 0.25) is 6.71 Å². The van der Waals surface area contributed by atoms with Gasteiger partial charge in [-0.3, -0.25) is 0 Å². The summed E-state index contributed by atoms with van der Waals surface area (Å²) < 4.78 is 0. The molecule has 0 radical (unpaired) electrons. The highest BCUT2D eigenvalue weighted by molar-refractivity contribution is 6.91. The first-order valence-electron chi connectivity index (χ1n) is 10.6. The third-order valence-corrected chi connectivity index (χ3v) is 6.49. The molecule has 0 saturated heterocycles. The molecule has 1 heteroatoms. The standard InChI is InChI=1S/C29H21B/c1-30(28-24-14-6-2-10-20(24)18-21-11-3-7-15-25(21)28)29-26-16-8-4-12-22(26)19-23-13-5-9-17-27(23)29/h2-19H,1H3. The predicted octanol–water partition coefficient (Wildman–Crippen LogP) is 6.54. The van der Waals surface area contributed by atoms with Crippen LogP contribution in [0.3, 0.4) is 0 Å². The maximum absolute atomic E-state index is 2.38. The van der Waals surface area contributed by atoms with Crippen LogP contribution in [-0.4, -0.2) is 6.71 Å². The molecule has 0 N–H and O–H groups in total. The molecule has 0 atom stereocenters. The summed E-state index contributed by atoms with van der Waals surface area (Å²) in [5.41, 5.74) is 2.84. The molecule has 0 aliphatic carbocycles. The molecule has 0 nitrogen and oxygen atoms in total. The Morgan fingerprint density at radius 1 is 0.400 bits per heavy atom. The molecule has 0 aliphatic heterocycles. The summed E-state index contributed by atoms with van der Waals surface area (Å²) in [6.45, 7) is 2.64. The van der Waals surface area contributed by atoms with E-state index in [-0.39, 0.29) is 6.71 Å². The van der Waals surface area contributed by atoms with E-state index in [1.165, 1.54) is 54.0 Å². The quantitative estimate of drug-likeness (QED) is 0.236. The summed E-state index contributed by atoms with van der Waals surface area (Å²) in [5.74, 6) is 0. The Balaban J connectivity index is 1.78. The molecule has 6 aromatic carbocycles. The SMILES string of the molecule is CB(c1c2ccccc2cc2ccccc12)c1c2ccccc2cc2ccccc12. The summed E-state index contributed by atoms with van der Waals surface area (Å²) in [5, 5.41) is 10.6. The van der Waals surface area contributed by atoms with Gasteiger partial charge in [0.1, 0.15) is 0 Å². The number of fused-ring (bicyclic) bond motifs is 4. The molecule has 0 fully saturated rings. The third-order valence-electron chi connectivity index (χ3n) is 6.49. The molecule has 0 aliphatic rings. The second kappa shape index (κ2) is 6.74. The van der Waals surface area contributed by atoms with Crippen LogP contribution in [0, 0.1) is 0 Å². The van der Waals surface area contributed by atoms with Gasteiger partial charge in [-0.2, -0.15) is 0 Å². The topological polar surface area (TPSA) is 0 Å². The van der Waals surface area contributed by atoms with Crippen LogP contribution in [0.5, 0.6) is 0 Å². The lowest BCUT2D eigenvalue weighted by atomic mass is 9.40. The fourth-order valence-corrected chi connectivity index (χ4v) is 5.18. The van der Waals surface area contributed by atoms with Crippen molar-refractivity contribution in [3.63, 3.8) is 0 Å². The Hall–Kier alpha value is -3.58. The molecule has 0 heterocycles. The van der Waals surface area contributed by atoms with Crippen LogP contribution in [0.25, 0.3) is 43.1 Å². The fourth-order valence-electron chi connectivity index (χ4n) is 5.18. The molecule has 0 bridgehead atoms.